The van der Waals surface area contributed by atoms with Crippen molar-refractivity contribution in [3.63, 3.8) is 0 Å². The molecule has 0 atom stereocenters. The highest BCUT2D eigenvalue weighted by atomic mass is 35.5. The van der Waals surface area contributed by atoms with Crippen LogP contribution in [0.5, 0.6) is 5.75 Å². The zero-order valence-corrected chi connectivity index (χ0v) is 15.9. The minimum Gasteiger partial charge on any atom is -0.451 e. The number of rotatable bonds is 6. The first-order valence-corrected chi connectivity index (χ1v) is 8.32. The summed E-state index contributed by atoms with van der Waals surface area (Å²) in [6.45, 7) is 0.932. The number of hydrogen-bond acceptors (Lipinski definition) is 5. The van der Waals surface area contributed by atoms with Gasteiger partial charge in [-0.05, 0) is 37.3 Å². The predicted octanol–water partition coefficient (Wildman–Crippen LogP) is 5.09. The van der Waals surface area contributed by atoms with Gasteiger partial charge in [0.25, 0.3) is 0 Å². The number of nitrogens with zero attached hydrogens (tertiary/aromatic N) is 1. The molecular weight excluding hydrogens is 420 g/mol. The number of halogens is 5. The van der Waals surface area contributed by atoms with Crippen LogP contribution in [0.4, 0.5) is 22.4 Å². The lowest BCUT2D eigenvalue weighted by molar-refractivity contribution is -0.138. The van der Waals surface area contributed by atoms with Crippen molar-refractivity contribution in [1.82, 2.24) is 5.48 Å². The summed E-state index contributed by atoms with van der Waals surface area (Å²) in [4.78, 5) is 21.0. The number of benzene rings is 2. The number of nitrogens with one attached hydrogen (secondary N) is 1. The third-order valence-electron chi connectivity index (χ3n) is 3.57. The fourth-order valence-electron chi connectivity index (χ4n) is 2.15. The van der Waals surface area contributed by atoms with Crippen molar-refractivity contribution in [2.75, 3.05) is 7.11 Å². The van der Waals surface area contributed by atoms with Crippen molar-refractivity contribution in [2.45, 2.75) is 19.7 Å². The van der Waals surface area contributed by atoms with Crippen LogP contribution in [0.25, 0.3) is 0 Å². The molecule has 0 saturated heterocycles. The van der Waals surface area contributed by atoms with E-state index in [0.29, 0.717) is 11.6 Å². The molecular formula is C18H15ClF4N2O4. The summed E-state index contributed by atoms with van der Waals surface area (Å²) in [5.74, 6) is -0.747. The van der Waals surface area contributed by atoms with Crippen molar-refractivity contribution in [3.8, 4) is 5.75 Å². The third-order valence-corrected chi connectivity index (χ3v) is 3.89. The molecule has 0 aliphatic rings. The summed E-state index contributed by atoms with van der Waals surface area (Å²) in [5, 5.41) is 3.92. The van der Waals surface area contributed by atoms with E-state index >= 15 is 0 Å². The SMILES string of the molecule is COC(=O)NOc1cc(C(C)=NOCc2cc(F)ccc2C(F)(F)F)ccc1Cl. The molecule has 11 heteroatoms. The van der Waals surface area contributed by atoms with Crippen molar-refractivity contribution in [1.29, 1.82) is 0 Å². The summed E-state index contributed by atoms with van der Waals surface area (Å²) >= 11 is 5.96. The summed E-state index contributed by atoms with van der Waals surface area (Å²) in [5.41, 5.74) is 1.31. The molecule has 29 heavy (non-hydrogen) atoms. The van der Waals surface area contributed by atoms with Crippen LogP contribution in [0.1, 0.15) is 23.6 Å². The normalized spacial score (nSPS) is 11.8. The zero-order valence-electron chi connectivity index (χ0n) is 15.1. The summed E-state index contributed by atoms with van der Waals surface area (Å²) < 4.78 is 56.6. The Morgan fingerprint density at radius 2 is 1.93 bits per heavy atom. The van der Waals surface area contributed by atoms with Crippen LogP contribution >= 0.6 is 11.6 Å². The van der Waals surface area contributed by atoms with Gasteiger partial charge in [-0.2, -0.15) is 18.7 Å². The van der Waals surface area contributed by atoms with Gasteiger partial charge in [0.2, 0.25) is 0 Å². The molecule has 0 aromatic heterocycles. The number of carbonyl (C=O) groups excluding carboxylic acids is 1. The van der Waals surface area contributed by atoms with Gasteiger partial charge in [0.1, 0.15) is 12.4 Å². The van der Waals surface area contributed by atoms with Crippen molar-refractivity contribution in [2.24, 2.45) is 5.16 Å². The van der Waals surface area contributed by atoms with Gasteiger partial charge in [0.15, 0.2) is 5.75 Å². The smallest absolute Gasteiger partial charge is 0.440 e. The Hall–Kier alpha value is -3.01. The van der Waals surface area contributed by atoms with Gasteiger partial charge in [0, 0.05) is 11.1 Å². The van der Waals surface area contributed by atoms with E-state index in [1.54, 1.807) is 6.07 Å². The van der Waals surface area contributed by atoms with E-state index in [2.05, 4.69) is 9.89 Å². The molecule has 2 aromatic rings. The fraction of sp³-hybridized carbons (Fsp3) is 0.222. The number of carbonyl (C=O) groups is 1. The Morgan fingerprint density at radius 3 is 2.59 bits per heavy atom. The maximum atomic E-state index is 13.3. The lowest BCUT2D eigenvalue weighted by atomic mass is 10.1. The highest BCUT2D eigenvalue weighted by Crippen LogP contribution is 2.32. The van der Waals surface area contributed by atoms with Crippen LogP contribution in [0.3, 0.4) is 0 Å². The van der Waals surface area contributed by atoms with Gasteiger partial charge in [0.05, 0.1) is 23.4 Å². The van der Waals surface area contributed by atoms with Crippen LogP contribution in [0.15, 0.2) is 41.6 Å². The molecule has 0 spiro atoms. The molecule has 0 bridgehead atoms. The number of amides is 1. The van der Waals surface area contributed by atoms with Crippen molar-refractivity contribution in [3.05, 3.63) is 63.9 Å². The van der Waals surface area contributed by atoms with Crippen LogP contribution in [0, 0.1) is 5.82 Å². The minimum absolute atomic E-state index is 0.0774. The van der Waals surface area contributed by atoms with E-state index in [1.165, 1.54) is 19.1 Å². The molecule has 2 rings (SSSR count). The maximum Gasteiger partial charge on any atom is 0.440 e. The molecule has 0 heterocycles. The van der Waals surface area contributed by atoms with Gasteiger partial charge in [-0.1, -0.05) is 22.8 Å². The summed E-state index contributed by atoms with van der Waals surface area (Å²) in [7, 11) is 1.15. The Balaban J connectivity index is 2.13. The Bertz CT molecular complexity index is 919. The first-order valence-electron chi connectivity index (χ1n) is 7.94. The second-order valence-corrected chi connectivity index (χ2v) is 6.00. The van der Waals surface area contributed by atoms with Crippen LogP contribution in [0.2, 0.25) is 5.02 Å². The molecule has 156 valence electrons. The third kappa shape index (κ3) is 6.24. The van der Waals surface area contributed by atoms with Gasteiger partial charge in [-0.15, -0.1) is 0 Å². The Labute approximate surface area is 167 Å². The molecule has 1 amide bonds. The van der Waals surface area contributed by atoms with E-state index in [0.717, 1.165) is 19.2 Å². The van der Waals surface area contributed by atoms with Gasteiger partial charge >= 0.3 is 12.3 Å². The molecule has 0 unspecified atom stereocenters. The summed E-state index contributed by atoms with van der Waals surface area (Å²) in [6, 6.07) is 6.53. The number of oxime groups is 1. The molecule has 6 nitrogen and oxygen atoms in total. The first kappa shape index (κ1) is 22.3. The van der Waals surface area contributed by atoms with Crippen LogP contribution < -0.4 is 10.3 Å². The number of hydroxylamine groups is 1. The van der Waals surface area contributed by atoms with E-state index in [1.807, 2.05) is 5.48 Å². The molecule has 0 aliphatic carbocycles. The quantitative estimate of drug-likeness (QED) is 0.390. The van der Waals surface area contributed by atoms with E-state index in [-0.39, 0.29) is 16.5 Å². The highest BCUT2D eigenvalue weighted by molar-refractivity contribution is 6.32. The summed E-state index contributed by atoms with van der Waals surface area (Å²) in [6.07, 6.45) is -5.50. The monoisotopic (exact) mass is 434 g/mol. The van der Waals surface area contributed by atoms with Crippen LogP contribution in [-0.2, 0) is 22.4 Å². The lowest BCUT2D eigenvalue weighted by Crippen LogP contribution is -2.26. The second kappa shape index (κ2) is 9.46. The second-order valence-electron chi connectivity index (χ2n) is 5.59. The molecule has 0 saturated carbocycles. The highest BCUT2D eigenvalue weighted by Gasteiger charge is 2.33. The lowest BCUT2D eigenvalue weighted by Gasteiger charge is -2.12. The zero-order chi connectivity index (χ0) is 21.6. The Morgan fingerprint density at radius 1 is 1.21 bits per heavy atom. The number of alkyl halides is 3. The topological polar surface area (TPSA) is 69.2 Å². The molecule has 0 fully saturated rings. The number of ether oxygens (including phenoxy) is 1. The molecule has 0 radical (unpaired) electrons. The van der Waals surface area contributed by atoms with E-state index in [4.69, 9.17) is 21.3 Å². The van der Waals surface area contributed by atoms with E-state index < -0.39 is 35.8 Å². The van der Waals surface area contributed by atoms with Gasteiger partial charge in [-0.25, -0.2) is 9.18 Å². The largest absolute Gasteiger partial charge is 0.451 e. The number of methoxy groups -OCH3 is 1. The average Bonchev–Trinajstić information content (AvgIpc) is 2.66. The van der Waals surface area contributed by atoms with Crippen molar-refractivity contribution < 1.29 is 36.8 Å². The average molecular weight is 435 g/mol. The fourth-order valence-corrected chi connectivity index (χ4v) is 2.31. The van der Waals surface area contributed by atoms with E-state index in [9.17, 15) is 22.4 Å². The first-order chi connectivity index (χ1) is 13.6. The Kier molecular flexibility index (Phi) is 7.27. The molecule has 1 N–H and O–H groups in total. The minimum atomic E-state index is -4.65. The molecule has 2 aromatic carbocycles. The molecule has 0 aliphatic heterocycles. The predicted molar refractivity (Wildman–Crippen MR) is 96.0 cm³/mol. The van der Waals surface area contributed by atoms with Crippen LogP contribution in [-0.4, -0.2) is 18.9 Å². The van der Waals surface area contributed by atoms with Gasteiger partial charge in [-0.3, -0.25) is 0 Å². The van der Waals surface area contributed by atoms with Gasteiger partial charge < -0.3 is 14.4 Å². The maximum absolute atomic E-state index is 13.3. The standard InChI is InChI=1S/C18H15ClF4N2O4/c1-10(11-3-6-15(19)16(8-11)29-25-17(26)27-2)24-28-9-12-7-13(20)4-5-14(12)18(21,22)23/h3-8H,9H2,1-2H3,(H,25,26). The number of hydrogen-bond donors (Lipinski definition) is 1. The van der Waals surface area contributed by atoms with Crippen molar-refractivity contribution >= 4 is 23.4 Å².